The van der Waals surface area contributed by atoms with Gasteiger partial charge in [0.05, 0.1) is 11.8 Å². The van der Waals surface area contributed by atoms with Crippen LogP contribution in [-0.4, -0.2) is 12.4 Å². The molecule has 0 nitrogen and oxygen atoms in total. The van der Waals surface area contributed by atoms with Gasteiger partial charge in [0.15, 0.2) is 0 Å². The van der Waals surface area contributed by atoms with Crippen molar-refractivity contribution in [2.24, 2.45) is 5.41 Å². The van der Waals surface area contributed by atoms with E-state index in [4.69, 9.17) is 0 Å². The molecule has 0 saturated carbocycles. The maximum absolute atomic E-state index is 12.1. The molecule has 0 rings (SSSR count). The van der Waals surface area contributed by atoms with Crippen molar-refractivity contribution >= 4 is 0 Å². The zero-order chi connectivity index (χ0) is 10.9. The van der Waals surface area contributed by atoms with E-state index in [2.05, 4.69) is 0 Å². The van der Waals surface area contributed by atoms with Crippen LogP contribution in [0.3, 0.4) is 0 Å². The highest BCUT2D eigenvalue weighted by Gasteiger charge is 2.54. The second kappa shape index (κ2) is 3.38. The molecule has 0 aliphatic rings. The maximum atomic E-state index is 12.1. The van der Waals surface area contributed by atoms with Crippen molar-refractivity contribution in [1.82, 2.24) is 0 Å². The lowest BCUT2D eigenvalue weighted by Crippen LogP contribution is -2.38. The Morgan fingerprint density at radius 2 is 1.31 bits per heavy atom. The van der Waals surface area contributed by atoms with Crippen LogP contribution in [0.4, 0.5) is 26.3 Å². The Bertz CT molecular complexity index is 167. The van der Waals surface area contributed by atoms with E-state index in [9.17, 15) is 26.3 Å². The predicted octanol–water partition coefficient (Wildman–Crippen LogP) is 3.92. The first-order valence-corrected chi connectivity index (χ1v) is 3.65. The Hall–Kier alpha value is -0.420. The molecule has 6 heteroatoms. The smallest absolute Gasteiger partial charge is 0.171 e. The molecule has 1 unspecified atom stereocenters. The third-order valence-corrected chi connectivity index (χ3v) is 2.06. The molecule has 13 heavy (non-hydrogen) atoms. The van der Waals surface area contributed by atoms with Crippen LogP contribution >= 0.6 is 0 Å². The molecule has 0 aliphatic heterocycles. The third-order valence-electron chi connectivity index (χ3n) is 2.06. The fraction of sp³-hybridized carbons (Fsp3) is 1.00. The summed E-state index contributed by atoms with van der Waals surface area (Å²) in [6.07, 6.45) is -12.0. The fourth-order valence-electron chi connectivity index (χ4n) is 0.868. The number of hydrogen-bond acceptors (Lipinski definition) is 0. The van der Waals surface area contributed by atoms with Gasteiger partial charge in [-0.1, -0.05) is 13.8 Å². The summed E-state index contributed by atoms with van der Waals surface area (Å²) in [6, 6.07) is 0. The lowest BCUT2D eigenvalue weighted by molar-refractivity contribution is -0.259. The van der Waals surface area contributed by atoms with Crippen LogP contribution in [0.5, 0.6) is 0 Å². The molecule has 0 spiro atoms. The molecule has 0 fully saturated rings. The predicted molar refractivity (Wildman–Crippen MR) is 35.1 cm³/mol. The minimum absolute atomic E-state index is 0.573. The minimum atomic E-state index is -4.81. The fourth-order valence-corrected chi connectivity index (χ4v) is 0.868. The third kappa shape index (κ3) is 3.44. The lowest BCUT2D eigenvalue weighted by Gasteiger charge is -2.31. The van der Waals surface area contributed by atoms with E-state index in [0.29, 0.717) is 6.92 Å². The Balaban J connectivity index is 4.67. The van der Waals surface area contributed by atoms with E-state index in [1.807, 2.05) is 0 Å². The van der Waals surface area contributed by atoms with Crippen LogP contribution in [0.2, 0.25) is 0 Å². The first-order chi connectivity index (χ1) is 5.52. The maximum Gasteiger partial charge on any atom is 0.394 e. The second-order valence-corrected chi connectivity index (χ2v) is 3.20. The molecule has 0 aromatic heterocycles. The largest absolute Gasteiger partial charge is 0.394 e. The number of halogens is 6. The zero-order valence-electron chi connectivity index (χ0n) is 7.18. The highest BCUT2D eigenvalue weighted by atomic mass is 19.4. The Morgan fingerprint density at radius 1 is 0.923 bits per heavy atom. The van der Waals surface area contributed by atoms with Crippen molar-refractivity contribution in [1.29, 1.82) is 0 Å². The van der Waals surface area contributed by atoms with Gasteiger partial charge in [-0.05, 0) is 6.42 Å². The van der Waals surface area contributed by atoms with E-state index in [0.717, 1.165) is 6.92 Å². The van der Waals surface area contributed by atoms with Gasteiger partial charge in [-0.2, -0.15) is 26.3 Å². The Morgan fingerprint density at radius 3 is 1.38 bits per heavy atom. The zero-order valence-corrected chi connectivity index (χ0v) is 7.18. The van der Waals surface area contributed by atoms with E-state index in [-0.39, 0.29) is 0 Å². The molecule has 80 valence electrons. The topological polar surface area (TPSA) is 0 Å². The SMILES string of the molecule is CCC(C)(CC(F)(F)F)C(F)(F)F. The van der Waals surface area contributed by atoms with Gasteiger partial charge < -0.3 is 0 Å². The first kappa shape index (κ1) is 12.6. The van der Waals surface area contributed by atoms with Crippen molar-refractivity contribution in [2.75, 3.05) is 0 Å². The molecule has 0 amide bonds. The minimum Gasteiger partial charge on any atom is -0.171 e. The van der Waals surface area contributed by atoms with Crippen LogP contribution in [-0.2, 0) is 0 Å². The van der Waals surface area contributed by atoms with E-state index in [1.165, 1.54) is 0 Å². The highest BCUT2D eigenvalue weighted by Crippen LogP contribution is 2.47. The summed E-state index contributed by atoms with van der Waals surface area (Å²) in [7, 11) is 0. The first-order valence-electron chi connectivity index (χ1n) is 3.65. The van der Waals surface area contributed by atoms with E-state index in [1.54, 1.807) is 0 Å². The molecular weight excluding hydrogens is 198 g/mol. The Kier molecular flexibility index (Phi) is 3.27. The van der Waals surface area contributed by atoms with Gasteiger partial charge >= 0.3 is 12.4 Å². The number of hydrogen-bond donors (Lipinski definition) is 0. The Labute approximate surface area is 71.9 Å². The van der Waals surface area contributed by atoms with Crippen molar-refractivity contribution in [3.63, 3.8) is 0 Å². The molecule has 0 saturated heterocycles. The van der Waals surface area contributed by atoms with Gasteiger partial charge in [-0.25, -0.2) is 0 Å². The van der Waals surface area contributed by atoms with Gasteiger partial charge in [0.1, 0.15) is 0 Å². The van der Waals surface area contributed by atoms with Crippen LogP contribution < -0.4 is 0 Å². The molecule has 0 aromatic carbocycles. The second-order valence-electron chi connectivity index (χ2n) is 3.20. The normalized spacial score (nSPS) is 18.5. The summed E-state index contributed by atoms with van der Waals surface area (Å²) in [5.41, 5.74) is -2.66. The van der Waals surface area contributed by atoms with Gasteiger partial charge in [-0.3, -0.25) is 0 Å². The highest BCUT2D eigenvalue weighted by molar-refractivity contribution is 4.83. The summed E-state index contributed by atoms with van der Waals surface area (Å²) in [5, 5.41) is 0. The number of rotatable bonds is 2. The molecule has 0 aliphatic carbocycles. The van der Waals surface area contributed by atoms with Crippen LogP contribution in [0.15, 0.2) is 0 Å². The van der Waals surface area contributed by atoms with Gasteiger partial charge in [0.2, 0.25) is 0 Å². The average molecular weight is 208 g/mol. The molecule has 0 N–H and O–H groups in total. The summed E-state index contributed by atoms with van der Waals surface area (Å²) < 4.78 is 71.7. The molecule has 0 radical (unpaired) electrons. The molecule has 1 atom stereocenters. The summed E-state index contributed by atoms with van der Waals surface area (Å²) in [4.78, 5) is 0. The van der Waals surface area contributed by atoms with Gasteiger partial charge in [0, 0.05) is 0 Å². The lowest BCUT2D eigenvalue weighted by atomic mass is 9.83. The number of alkyl halides is 6. The van der Waals surface area contributed by atoms with Crippen LogP contribution in [0, 0.1) is 5.41 Å². The van der Waals surface area contributed by atoms with Crippen LogP contribution in [0.25, 0.3) is 0 Å². The summed E-state index contributed by atoms with van der Waals surface area (Å²) >= 11 is 0. The van der Waals surface area contributed by atoms with Crippen molar-refractivity contribution in [2.45, 2.75) is 39.0 Å². The van der Waals surface area contributed by atoms with Crippen molar-refractivity contribution < 1.29 is 26.3 Å². The van der Waals surface area contributed by atoms with Crippen molar-refractivity contribution in [3.8, 4) is 0 Å². The van der Waals surface area contributed by atoms with Gasteiger partial charge in [0.25, 0.3) is 0 Å². The average Bonchev–Trinajstić information content (AvgIpc) is 1.81. The molecular formula is C7H10F6. The molecule has 0 aromatic rings. The van der Waals surface area contributed by atoms with E-state index >= 15 is 0 Å². The summed E-state index contributed by atoms with van der Waals surface area (Å²) in [6.45, 7) is 1.68. The standard InChI is InChI=1S/C7H10F6/c1-3-5(2,7(11,12)13)4-6(8,9)10/h3-4H2,1-2H3. The monoisotopic (exact) mass is 208 g/mol. The quantitative estimate of drug-likeness (QED) is 0.603. The summed E-state index contributed by atoms with van der Waals surface area (Å²) in [5.74, 6) is 0. The van der Waals surface area contributed by atoms with Crippen LogP contribution in [0.1, 0.15) is 26.7 Å². The van der Waals surface area contributed by atoms with Gasteiger partial charge in [-0.15, -0.1) is 0 Å². The molecule has 0 heterocycles. The van der Waals surface area contributed by atoms with Crippen molar-refractivity contribution in [3.05, 3.63) is 0 Å². The van der Waals surface area contributed by atoms with E-state index < -0.39 is 30.6 Å². The molecule has 0 bridgehead atoms.